The van der Waals surface area contributed by atoms with Crippen molar-refractivity contribution >= 4 is 5.78 Å². The summed E-state index contributed by atoms with van der Waals surface area (Å²) >= 11 is 0. The predicted octanol–water partition coefficient (Wildman–Crippen LogP) is 2.28. The minimum Gasteiger partial charge on any atom is -0.762 e. The maximum absolute atomic E-state index is 12.4. The van der Waals surface area contributed by atoms with Gasteiger partial charge in [0.15, 0.2) is 0 Å². The van der Waals surface area contributed by atoms with Crippen molar-refractivity contribution in [3.05, 3.63) is 5.21 Å². The maximum Gasteiger partial charge on any atom is 0.149 e. The van der Waals surface area contributed by atoms with Crippen LogP contribution in [0.4, 0.5) is 0 Å². The van der Waals surface area contributed by atoms with Crippen LogP contribution in [0.25, 0.3) is 0 Å². The Bertz CT molecular complexity index is 317. The highest BCUT2D eigenvalue weighted by Crippen LogP contribution is 2.28. The number of Topliss-reactive ketones (excluding diaryl/α,β-unsaturated/α-hetero) is 1. The van der Waals surface area contributed by atoms with Gasteiger partial charge in [-0.3, -0.25) is 14.9 Å². The van der Waals surface area contributed by atoms with E-state index >= 15 is 0 Å². The van der Waals surface area contributed by atoms with E-state index in [1.807, 2.05) is 0 Å². The van der Waals surface area contributed by atoms with Gasteiger partial charge >= 0.3 is 0 Å². The molecule has 1 N–H and O–H groups in total. The smallest absolute Gasteiger partial charge is 0.149 e. The van der Waals surface area contributed by atoms with E-state index < -0.39 is 0 Å². The molecule has 0 aromatic heterocycles. The number of piperidine rings is 1. The number of nitrogens with zero attached hydrogens (tertiary/aromatic N) is 2. The molecule has 1 saturated carbocycles. The Kier molecular flexibility index (Phi) is 5.55. The Labute approximate surface area is 121 Å². The van der Waals surface area contributed by atoms with Crippen molar-refractivity contribution in [3.63, 3.8) is 0 Å². The first-order chi connectivity index (χ1) is 9.45. The molecular formula is C15H27N2O3-. The third-order valence-electron chi connectivity index (χ3n) is 4.79. The Morgan fingerprint density at radius 1 is 1.20 bits per heavy atom. The van der Waals surface area contributed by atoms with Crippen LogP contribution in [0.2, 0.25) is 0 Å². The number of hydrogen-bond acceptors (Lipinski definition) is 5. The molecule has 1 aliphatic carbocycles. The van der Waals surface area contributed by atoms with Crippen molar-refractivity contribution in [3.8, 4) is 0 Å². The number of hydroxylamine groups is 2. The van der Waals surface area contributed by atoms with E-state index in [2.05, 4.69) is 18.7 Å². The monoisotopic (exact) mass is 283 g/mol. The quantitative estimate of drug-likeness (QED) is 0.802. The summed E-state index contributed by atoms with van der Waals surface area (Å²) in [6.45, 7) is 7.11. The van der Waals surface area contributed by atoms with Gasteiger partial charge in [0.25, 0.3) is 0 Å². The summed E-state index contributed by atoms with van der Waals surface area (Å²) in [4.78, 5) is 14.7. The molecule has 2 aliphatic rings. The van der Waals surface area contributed by atoms with Gasteiger partial charge in [-0.2, -0.15) is 0 Å². The van der Waals surface area contributed by atoms with Crippen molar-refractivity contribution in [1.82, 2.24) is 10.1 Å². The molecule has 1 saturated heterocycles. The van der Waals surface area contributed by atoms with Crippen LogP contribution in [0, 0.1) is 23.0 Å². The summed E-state index contributed by atoms with van der Waals surface area (Å²) < 4.78 is 0. The van der Waals surface area contributed by atoms with Crippen LogP contribution in [0.15, 0.2) is 0 Å². The zero-order chi connectivity index (χ0) is 14.7. The van der Waals surface area contributed by atoms with E-state index in [9.17, 15) is 10.0 Å². The average Bonchev–Trinajstić information content (AvgIpc) is 2.37. The summed E-state index contributed by atoms with van der Waals surface area (Å²) in [5.41, 5.74) is 0. The molecule has 1 aliphatic heterocycles. The highest BCUT2D eigenvalue weighted by Gasteiger charge is 2.29. The lowest BCUT2D eigenvalue weighted by Crippen LogP contribution is -2.43. The van der Waals surface area contributed by atoms with Gasteiger partial charge in [0.05, 0.1) is 6.54 Å². The fourth-order valence-corrected chi connectivity index (χ4v) is 3.89. The van der Waals surface area contributed by atoms with Crippen LogP contribution in [-0.4, -0.2) is 46.8 Å². The molecule has 2 fully saturated rings. The highest BCUT2D eigenvalue weighted by molar-refractivity contribution is 5.83. The second-order valence-electron chi connectivity index (χ2n) is 6.91. The van der Waals surface area contributed by atoms with Gasteiger partial charge in [-0.15, -0.1) is 0 Å². The minimum atomic E-state index is -0.311. The molecule has 0 amide bonds. The lowest BCUT2D eigenvalue weighted by molar-refractivity contribution is -0.128. The van der Waals surface area contributed by atoms with Crippen LogP contribution < -0.4 is 0 Å². The molecule has 1 heterocycles. The van der Waals surface area contributed by atoms with Gasteiger partial charge in [0, 0.05) is 25.0 Å². The number of carbonyl (C=O) groups is 1. The maximum atomic E-state index is 12.4. The molecule has 5 heteroatoms. The normalized spacial score (nSPS) is 36.2. The van der Waals surface area contributed by atoms with Crippen LogP contribution in [0.3, 0.4) is 0 Å². The van der Waals surface area contributed by atoms with Gasteiger partial charge < -0.3 is 10.4 Å². The van der Waals surface area contributed by atoms with Crippen LogP contribution in [0.1, 0.15) is 46.0 Å². The molecule has 0 radical (unpaired) electrons. The average molecular weight is 283 g/mol. The van der Waals surface area contributed by atoms with Crippen LogP contribution in [-0.2, 0) is 4.79 Å². The summed E-state index contributed by atoms with van der Waals surface area (Å²) in [6.07, 6.45) is 3.99. The fourth-order valence-electron chi connectivity index (χ4n) is 3.89. The minimum absolute atomic E-state index is 0.0642. The molecule has 2 rings (SSSR count). The van der Waals surface area contributed by atoms with Crippen LogP contribution in [0.5, 0.6) is 0 Å². The largest absolute Gasteiger partial charge is 0.762 e. The predicted molar refractivity (Wildman–Crippen MR) is 77.1 cm³/mol. The molecule has 0 aromatic rings. The van der Waals surface area contributed by atoms with E-state index in [1.54, 1.807) is 0 Å². The lowest BCUT2D eigenvalue weighted by atomic mass is 9.83. The summed E-state index contributed by atoms with van der Waals surface area (Å²) in [7, 11) is 0. The first-order valence-electron chi connectivity index (χ1n) is 7.86. The lowest BCUT2D eigenvalue weighted by Gasteiger charge is -2.38. The molecule has 116 valence electrons. The molecule has 0 bridgehead atoms. The van der Waals surface area contributed by atoms with Crippen molar-refractivity contribution in [2.24, 2.45) is 17.8 Å². The second-order valence-corrected chi connectivity index (χ2v) is 6.91. The molecule has 0 spiro atoms. The number of rotatable bonds is 4. The zero-order valence-electron chi connectivity index (χ0n) is 12.6. The van der Waals surface area contributed by atoms with E-state index in [-0.39, 0.29) is 17.2 Å². The van der Waals surface area contributed by atoms with Crippen molar-refractivity contribution < 1.29 is 10.0 Å². The molecule has 2 atom stereocenters. The Morgan fingerprint density at radius 2 is 1.75 bits per heavy atom. The van der Waals surface area contributed by atoms with Crippen molar-refractivity contribution in [1.29, 1.82) is 0 Å². The van der Waals surface area contributed by atoms with E-state index in [0.29, 0.717) is 37.0 Å². The third-order valence-corrected chi connectivity index (χ3v) is 4.79. The highest BCUT2D eigenvalue weighted by atomic mass is 16.8. The van der Waals surface area contributed by atoms with Gasteiger partial charge in [-0.05, 0) is 43.9 Å². The van der Waals surface area contributed by atoms with Gasteiger partial charge in [-0.1, -0.05) is 13.8 Å². The first-order valence-corrected chi connectivity index (χ1v) is 7.86. The summed E-state index contributed by atoms with van der Waals surface area (Å²) in [5.74, 6) is 1.75. The Morgan fingerprint density at radius 3 is 2.25 bits per heavy atom. The number of ketones is 1. The zero-order valence-corrected chi connectivity index (χ0v) is 12.6. The third kappa shape index (κ3) is 4.25. The fraction of sp³-hybridized carbons (Fsp3) is 0.933. The number of likely N-dealkylation sites (tertiary alicyclic amines) is 1. The van der Waals surface area contributed by atoms with E-state index in [0.717, 1.165) is 25.9 Å². The first kappa shape index (κ1) is 15.9. The number of hydrogen-bond donors (Lipinski definition) is 1. The standard InChI is InChI=1S/C15H27N2O3/c1-11-7-12(2)9-16(8-11)10-15(18)13-3-5-14(6-4-13)17(19)20/h11-14,19H,3-10H2,1-2H3/q-1. The number of carbonyl (C=O) groups excluding carboxylic acids is 1. The van der Waals surface area contributed by atoms with Crippen molar-refractivity contribution in [2.75, 3.05) is 19.6 Å². The molecule has 2 unspecified atom stereocenters. The SMILES string of the molecule is CC1CC(C)CN(CC(=O)C2CCC(N([O-])O)CC2)C1. The van der Waals surface area contributed by atoms with Gasteiger partial charge in [0.2, 0.25) is 0 Å². The Hall–Kier alpha value is -0.490. The topological polar surface area (TPSA) is 66.8 Å². The Balaban J connectivity index is 1.78. The van der Waals surface area contributed by atoms with Crippen molar-refractivity contribution in [2.45, 2.75) is 52.0 Å². The van der Waals surface area contributed by atoms with Gasteiger partial charge in [0.1, 0.15) is 5.78 Å². The molecule has 5 nitrogen and oxygen atoms in total. The van der Waals surface area contributed by atoms with Crippen LogP contribution >= 0.6 is 0 Å². The molecule has 0 aromatic carbocycles. The van der Waals surface area contributed by atoms with E-state index in [4.69, 9.17) is 5.21 Å². The van der Waals surface area contributed by atoms with E-state index in [1.165, 1.54) is 6.42 Å². The summed E-state index contributed by atoms with van der Waals surface area (Å²) in [5, 5.41) is 19.8. The summed E-state index contributed by atoms with van der Waals surface area (Å²) in [6, 6.07) is -0.311. The molecular weight excluding hydrogens is 256 g/mol. The second kappa shape index (κ2) is 6.98. The molecule has 20 heavy (non-hydrogen) atoms. The van der Waals surface area contributed by atoms with Gasteiger partial charge in [-0.25, -0.2) is 0 Å².